The molecule has 1 aromatic carbocycles. The Bertz CT molecular complexity index is 474. The van der Waals surface area contributed by atoms with Crippen molar-refractivity contribution in [1.29, 1.82) is 0 Å². The average molecular weight is 372 g/mol. The molecule has 20 heavy (non-hydrogen) atoms. The van der Waals surface area contributed by atoms with Crippen LogP contribution in [0.25, 0.3) is 0 Å². The number of carbonyl (C=O) groups excluding carboxylic acids is 1. The standard InChI is InChI=1S/C13H17BrF2N2O.ClH/c1-13(2,6-17)7-18(3)12(19)11-9(15)4-8(14)5-10(11)16;/h4-5H,6-7,17H2,1-3H3;1H. The van der Waals surface area contributed by atoms with Crippen LogP contribution in [0.5, 0.6) is 0 Å². The van der Waals surface area contributed by atoms with Gasteiger partial charge in [-0.1, -0.05) is 29.8 Å². The Hall–Kier alpha value is -0.720. The highest BCUT2D eigenvalue weighted by molar-refractivity contribution is 9.10. The number of benzene rings is 1. The first-order valence-electron chi connectivity index (χ1n) is 5.78. The lowest BCUT2D eigenvalue weighted by Gasteiger charge is -2.29. The molecule has 0 aliphatic rings. The van der Waals surface area contributed by atoms with Crippen LogP contribution in [0.3, 0.4) is 0 Å². The normalized spacial score (nSPS) is 10.9. The van der Waals surface area contributed by atoms with Crippen LogP contribution in [0, 0.1) is 17.0 Å². The van der Waals surface area contributed by atoms with E-state index in [0.717, 1.165) is 12.1 Å². The van der Waals surface area contributed by atoms with E-state index in [4.69, 9.17) is 5.73 Å². The van der Waals surface area contributed by atoms with Crippen LogP contribution >= 0.6 is 28.3 Å². The maximum absolute atomic E-state index is 13.7. The molecule has 2 N–H and O–H groups in total. The number of nitrogens with two attached hydrogens (primary N) is 1. The summed E-state index contributed by atoms with van der Waals surface area (Å²) in [5.74, 6) is -2.45. The lowest BCUT2D eigenvalue weighted by molar-refractivity contribution is 0.0730. The topological polar surface area (TPSA) is 46.3 Å². The van der Waals surface area contributed by atoms with Gasteiger partial charge < -0.3 is 10.6 Å². The van der Waals surface area contributed by atoms with Gasteiger partial charge in [-0.3, -0.25) is 4.79 Å². The molecule has 0 aliphatic carbocycles. The number of amides is 1. The summed E-state index contributed by atoms with van der Waals surface area (Å²) < 4.78 is 27.6. The molecule has 114 valence electrons. The first-order chi connectivity index (χ1) is 8.68. The summed E-state index contributed by atoms with van der Waals surface area (Å²) in [6.45, 7) is 4.45. The van der Waals surface area contributed by atoms with Gasteiger partial charge in [0, 0.05) is 18.1 Å². The fourth-order valence-corrected chi connectivity index (χ4v) is 2.12. The second-order valence-electron chi connectivity index (χ2n) is 5.27. The average Bonchev–Trinajstić information content (AvgIpc) is 2.26. The molecule has 0 saturated carbocycles. The largest absolute Gasteiger partial charge is 0.341 e. The van der Waals surface area contributed by atoms with E-state index >= 15 is 0 Å². The molecular formula is C13H18BrClF2N2O. The molecule has 0 unspecified atom stereocenters. The number of hydrogen-bond acceptors (Lipinski definition) is 2. The zero-order valence-corrected chi connectivity index (χ0v) is 13.9. The van der Waals surface area contributed by atoms with Gasteiger partial charge >= 0.3 is 0 Å². The second-order valence-corrected chi connectivity index (χ2v) is 6.19. The van der Waals surface area contributed by atoms with Crippen molar-refractivity contribution >= 4 is 34.2 Å². The van der Waals surface area contributed by atoms with Gasteiger partial charge in [-0.15, -0.1) is 12.4 Å². The fraction of sp³-hybridized carbons (Fsp3) is 0.462. The molecule has 1 aromatic rings. The highest BCUT2D eigenvalue weighted by atomic mass is 79.9. The number of rotatable bonds is 4. The molecule has 7 heteroatoms. The number of nitrogens with zero attached hydrogens (tertiary/aromatic N) is 1. The summed E-state index contributed by atoms with van der Waals surface area (Å²) in [6, 6.07) is 2.14. The van der Waals surface area contributed by atoms with Crippen LogP contribution in [0.2, 0.25) is 0 Å². The van der Waals surface area contributed by atoms with Gasteiger partial charge in [-0.05, 0) is 24.1 Å². The number of hydrogen-bond donors (Lipinski definition) is 1. The first kappa shape index (κ1) is 19.3. The highest BCUT2D eigenvalue weighted by Crippen LogP contribution is 2.22. The molecule has 0 heterocycles. The molecule has 3 nitrogen and oxygen atoms in total. The van der Waals surface area contributed by atoms with E-state index in [9.17, 15) is 13.6 Å². The van der Waals surface area contributed by atoms with Gasteiger partial charge in [0.2, 0.25) is 0 Å². The Morgan fingerprint density at radius 1 is 1.35 bits per heavy atom. The minimum Gasteiger partial charge on any atom is -0.341 e. The molecule has 0 aromatic heterocycles. The molecule has 0 radical (unpaired) electrons. The third kappa shape index (κ3) is 4.68. The fourth-order valence-electron chi connectivity index (χ4n) is 1.72. The Balaban J connectivity index is 0.00000361. The van der Waals surface area contributed by atoms with E-state index < -0.39 is 23.1 Å². The SMILES string of the molecule is CN(CC(C)(C)CN)C(=O)c1c(F)cc(Br)cc1F.Cl. The van der Waals surface area contributed by atoms with Crippen molar-refractivity contribution in [2.24, 2.45) is 11.1 Å². The number of carbonyl (C=O) groups is 1. The van der Waals surface area contributed by atoms with Gasteiger partial charge in [0.1, 0.15) is 17.2 Å². The molecule has 1 rings (SSSR count). The summed E-state index contributed by atoms with van der Waals surface area (Å²) in [7, 11) is 1.50. The quantitative estimate of drug-likeness (QED) is 0.883. The van der Waals surface area contributed by atoms with Crippen LogP contribution in [0.4, 0.5) is 8.78 Å². The molecule has 0 bridgehead atoms. The van der Waals surface area contributed by atoms with E-state index in [1.54, 1.807) is 0 Å². The molecule has 0 saturated heterocycles. The maximum Gasteiger partial charge on any atom is 0.259 e. The van der Waals surface area contributed by atoms with Crippen molar-refractivity contribution < 1.29 is 13.6 Å². The predicted molar refractivity (Wildman–Crippen MR) is 81.1 cm³/mol. The monoisotopic (exact) mass is 370 g/mol. The van der Waals surface area contributed by atoms with E-state index in [-0.39, 0.29) is 22.3 Å². The summed E-state index contributed by atoms with van der Waals surface area (Å²) in [5.41, 5.74) is 4.72. The molecular weight excluding hydrogens is 354 g/mol. The first-order valence-corrected chi connectivity index (χ1v) is 6.57. The Morgan fingerprint density at radius 2 is 1.80 bits per heavy atom. The van der Waals surface area contributed by atoms with E-state index in [2.05, 4.69) is 15.9 Å². The van der Waals surface area contributed by atoms with Gasteiger partial charge in [0.25, 0.3) is 5.91 Å². The minimum absolute atomic E-state index is 0. The van der Waals surface area contributed by atoms with Crippen molar-refractivity contribution in [3.63, 3.8) is 0 Å². The van der Waals surface area contributed by atoms with E-state index in [0.29, 0.717) is 13.1 Å². The van der Waals surface area contributed by atoms with Crippen LogP contribution in [0.15, 0.2) is 16.6 Å². The van der Waals surface area contributed by atoms with Crippen molar-refractivity contribution in [2.75, 3.05) is 20.1 Å². The zero-order chi connectivity index (χ0) is 14.8. The summed E-state index contributed by atoms with van der Waals surface area (Å²) >= 11 is 2.97. The zero-order valence-electron chi connectivity index (χ0n) is 11.5. The van der Waals surface area contributed by atoms with Crippen molar-refractivity contribution in [2.45, 2.75) is 13.8 Å². The maximum atomic E-state index is 13.7. The predicted octanol–water partition coefficient (Wildman–Crippen LogP) is 3.21. The Kier molecular flexibility index (Phi) is 7.07. The van der Waals surface area contributed by atoms with Gasteiger partial charge in [-0.2, -0.15) is 0 Å². The molecule has 0 aliphatic heterocycles. The van der Waals surface area contributed by atoms with E-state index in [1.807, 2.05) is 13.8 Å². The van der Waals surface area contributed by atoms with Gasteiger partial charge in [0.15, 0.2) is 0 Å². The lowest BCUT2D eigenvalue weighted by atomic mass is 9.93. The molecule has 0 fully saturated rings. The molecule has 0 spiro atoms. The summed E-state index contributed by atoms with van der Waals surface area (Å²) in [4.78, 5) is 13.4. The number of halogens is 4. The second kappa shape index (κ2) is 7.33. The molecule has 1 amide bonds. The van der Waals surface area contributed by atoms with Crippen molar-refractivity contribution in [3.8, 4) is 0 Å². The van der Waals surface area contributed by atoms with Gasteiger partial charge in [0.05, 0.1) is 0 Å². The Morgan fingerprint density at radius 3 is 2.20 bits per heavy atom. The van der Waals surface area contributed by atoms with Crippen LogP contribution in [-0.2, 0) is 0 Å². The Labute approximate surface area is 132 Å². The van der Waals surface area contributed by atoms with Crippen LogP contribution in [-0.4, -0.2) is 30.9 Å². The minimum atomic E-state index is -0.880. The van der Waals surface area contributed by atoms with Crippen LogP contribution < -0.4 is 5.73 Å². The van der Waals surface area contributed by atoms with E-state index in [1.165, 1.54) is 11.9 Å². The van der Waals surface area contributed by atoms with Crippen molar-refractivity contribution in [1.82, 2.24) is 4.90 Å². The highest BCUT2D eigenvalue weighted by Gasteiger charge is 2.26. The van der Waals surface area contributed by atoms with Crippen LogP contribution in [0.1, 0.15) is 24.2 Å². The smallest absolute Gasteiger partial charge is 0.259 e. The summed E-state index contributed by atoms with van der Waals surface area (Å²) in [6.07, 6.45) is 0. The molecule has 0 atom stereocenters. The lowest BCUT2D eigenvalue weighted by Crippen LogP contribution is -2.40. The summed E-state index contributed by atoms with van der Waals surface area (Å²) in [5, 5.41) is 0. The third-order valence-corrected chi connectivity index (χ3v) is 3.24. The van der Waals surface area contributed by atoms with Gasteiger partial charge in [-0.25, -0.2) is 8.78 Å². The third-order valence-electron chi connectivity index (χ3n) is 2.79. The van der Waals surface area contributed by atoms with Crippen molar-refractivity contribution in [3.05, 3.63) is 33.8 Å².